The summed E-state index contributed by atoms with van der Waals surface area (Å²) in [4.78, 5) is 15.7. The van der Waals surface area contributed by atoms with Gasteiger partial charge in [-0.05, 0) is 87.1 Å². The van der Waals surface area contributed by atoms with E-state index in [1.165, 1.54) is 18.5 Å². The van der Waals surface area contributed by atoms with E-state index in [-0.39, 0.29) is 17.5 Å². The zero-order valence-electron chi connectivity index (χ0n) is 22.4. The maximum atomic E-state index is 13.6. The molecule has 3 aromatic rings. The van der Waals surface area contributed by atoms with E-state index < -0.39 is 15.9 Å². The smallest absolute Gasteiger partial charge is 0.264 e. The molecule has 0 radical (unpaired) electrons. The Morgan fingerprint density at radius 1 is 1.03 bits per heavy atom. The molecule has 1 aliphatic rings. The van der Waals surface area contributed by atoms with E-state index in [9.17, 15) is 13.2 Å². The molecule has 38 heavy (non-hydrogen) atoms. The summed E-state index contributed by atoms with van der Waals surface area (Å²) in [6.45, 7) is 9.67. The number of carbonyl (C=O) groups is 1. The van der Waals surface area contributed by atoms with Crippen LogP contribution in [0, 0.1) is 19.8 Å². The van der Waals surface area contributed by atoms with Crippen molar-refractivity contribution in [2.45, 2.75) is 51.5 Å². The van der Waals surface area contributed by atoms with E-state index in [1.807, 2.05) is 32.9 Å². The van der Waals surface area contributed by atoms with Gasteiger partial charge in [0.25, 0.3) is 10.0 Å². The van der Waals surface area contributed by atoms with Crippen molar-refractivity contribution in [2.75, 3.05) is 28.8 Å². The lowest BCUT2D eigenvalue weighted by molar-refractivity contribution is -0.120. The van der Waals surface area contributed by atoms with Crippen molar-refractivity contribution in [3.8, 4) is 0 Å². The summed E-state index contributed by atoms with van der Waals surface area (Å²) >= 11 is 6.33. The van der Waals surface area contributed by atoms with E-state index in [0.717, 1.165) is 40.0 Å². The number of hydrogen-bond donors (Lipinski definition) is 1. The summed E-state index contributed by atoms with van der Waals surface area (Å²) in [6, 6.07) is 19.5. The van der Waals surface area contributed by atoms with Gasteiger partial charge in [0.1, 0.15) is 6.54 Å². The van der Waals surface area contributed by atoms with Crippen LogP contribution in [0.1, 0.15) is 49.4 Å². The molecule has 0 aromatic heterocycles. The summed E-state index contributed by atoms with van der Waals surface area (Å²) < 4.78 is 28.4. The molecule has 1 atom stereocenters. The largest absolute Gasteiger partial charge is 0.372 e. The number of carbonyl (C=O) groups excluding carboxylic acids is 1. The molecule has 4 rings (SSSR count). The number of benzene rings is 3. The average Bonchev–Trinajstić information content (AvgIpc) is 2.89. The van der Waals surface area contributed by atoms with Crippen molar-refractivity contribution in [3.05, 3.63) is 88.4 Å². The summed E-state index contributed by atoms with van der Waals surface area (Å²) in [6.07, 6.45) is 2.39. The molecule has 0 bridgehead atoms. The normalized spacial score (nSPS) is 15.2. The minimum atomic E-state index is -4.01. The summed E-state index contributed by atoms with van der Waals surface area (Å²) in [5.74, 6) is 0.366. The van der Waals surface area contributed by atoms with E-state index in [0.29, 0.717) is 10.7 Å². The number of rotatable bonds is 8. The van der Waals surface area contributed by atoms with Crippen molar-refractivity contribution in [1.82, 2.24) is 5.32 Å². The van der Waals surface area contributed by atoms with Crippen LogP contribution in [0.25, 0.3) is 0 Å². The van der Waals surface area contributed by atoms with Crippen LogP contribution in [0.2, 0.25) is 5.02 Å². The third-order valence-electron chi connectivity index (χ3n) is 7.26. The molecule has 0 aliphatic carbocycles. The van der Waals surface area contributed by atoms with Gasteiger partial charge >= 0.3 is 0 Å². The predicted octanol–water partition coefficient (Wildman–Crippen LogP) is 6.27. The quantitative estimate of drug-likeness (QED) is 0.357. The number of aryl methyl sites for hydroxylation is 2. The second kappa shape index (κ2) is 11.8. The molecule has 1 aliphatic heterocycles. The molecule has 6 nitrogen and oxygen atoms in total. The summed E-state index contributed by atoms with van der Waals surface area (Å²) in [5, 5.41) is 3.40. The zero-order chi connectivity index (χ0) is 27.4. The second-order valence-corrected chi connectivity index (χ2v) is 12.6. The predicted molar refractivity (Wildman–Crippen MR) is 156 cm³/mol. The Hall–Kier alpha value is -3.03. The minimum absolute atomic E-state index is 0.114. The first-order valence-electron chi connectivity index (χ1n) is 13.0. The average molecular weight is 554 g/mol. The van der Waals surface area contributed by atoms with Gasteiger partial charge in [-0.2, -0.15) is 0 Å². The van der Waals surface area contributed by atoms with E-state index in [2.05, 4.69) is 29.3 Å². The van der Waals surface area contributed by atoms with Crippen molar-refractivity contribution in [2.24, 2.45) is 5.92 Å². The van der Waals surface area contributed by atoms with Crippen LogP contribution < -0.4 is 14.5 Å². The molecule has 1 amide bonds. The molecule has 202 valence electrons. The summed E-state index contributed by atoms with van der Waals surface area (Å²) in [7, 11) is -4.01. The number of nitrogens with zero attached hydrogens (tertiary/aromatic N) is 2. The van der Waals surface area contributed by atoms with Gasteiger partial charge < -0.3 is 10.2 Å². The van der Waals surface area contributed by atoms with Crippen molar-refractivity contribution in [1.29, 1.82) is 0 Å². The van der Waals surface area contributed by atoms with Gasteiger partial charge in [0.15, 0.2) is 0 Å². The van der Waals surface area contributed by atoms with Crippen LogP contribution in [0.3, 0.4) is 0 Å². The maximum Gasteiger partial charge on any atom is 0.264 e. The number of hydrogen-bond acceptors (Lipinski definition) is 4. The first-order valence-corrected chi connectivity index (χ1v) is 14.9. The monoisotopic (exact) mass is 553 g/mol. The Morgan fingerprint density at radius 2 is 1.66 bits per heavy atom. The van der Waals surface area contributed by atoms with Crippen LogP contribution in [-0.4, -0.2) is 34.0 Å². The lowest BCUT2D eigenvalue weighted by Gasteiger charge is -2.32. The number of nitrogens with one attached hydrogen (secondary N) is 1. The Morgan fingerprint density at radius 3 is 2.26 bits per heavy atom. The molecule has 1 saturated heterocycles. The van der Waals surface area contributed by atoms with Gasteiger partial charge in [-0.25, -0.2) is 8.42 Å². The Balaban J connectivity index is 1.51. The lowest BCUT2D eigenvalue weighted by Crippen LogP contribution is -2.41. The first-order chi connectivity index (χ1) is 18.0. The molecular weight excluding hydrogens is 518 g/mol. The van der Waals surface area contributed by atoms with Gasteiger partial charge in [-0.1, -0.05) is 54.4 Å². The van der Waals surface area contributed by atoms with Crippen molar-refractivity contribution >= 4 is 38.9 Å². The van der Waals surface area contributed by atoms with Gasteiger partial charge in [0.2, 0.25) is 5.91 Å². The van der Waals surface area contributed by atoms with Crippen LogP contribution in [0.4, 0.5) is 11.4 Å². The van der Waals surface area contributed by atoms with Gasteiger partial charge in [0, 0.05) is 23.8 Å². The van der Waals surface area contributed by atoms with E-state index >= 15 is 0 Å². The number of halogens is 1. The molecule has 8 heteroatoms. The first kappa shape index (κ1) is 28.0. The molecule has 1 heterocycles. The van der Waals surface area contributed by atoms with Gasteiger partial charge in [-0.15, -0.1) is 0 Å². The molecule has 0 spiro atoms. The molecular formula is C30H36ClN3O3S. The number of amides is 1. The summed E-state index contributed by atoms with van der Waals surface area (Å²) in [5.41, 5.74) is 4.25. The molecule has 0 saturated carbocycles. The topological polar surface area (TPSA) is 69.7 Å². The molecule has 1 fully saturated rings. The highest BCUT2D eigenvalue weighted by atomic mass is 35.5. The fourth-order valence-corrected chi connectivity index (χ4v) is 6.22. The van der Waals surface area contributed by atoms with Crippen LogP contribution in [0.5, 0.6) is 0 Å². The lowest BCUT2D eigenvalue weighted by atomic mass is 9.98. The second-order valence-electron chi connectivity index (χ2n) is 10.3. The van der Waals surface area contributed by atoms with E-state index in [1.54, 1.807) is 42.5 Å². The Kier molecular flexibility index (Phi) is 8.68. The molecule has 3 aromatic carbocycles. The van der Waals surface area contributed by atoms with Gasteiger partial charge in [-0.3, -0.25) is 9.10 Å². The van der Waals surface area contributed by atoms with Gasteiger partial charge in [0.05, 0.1) is 16.6 Å². The van der Waals surface area contributed by atoms with Crippen molar-refractivity contribution < 1.29 is 13.2 Å². The minimum Gasteiger partial charge on any atom is -0.372 e. The van der Waals surface area contributed by atoms with Crippen LogP contribution >= 0.6 is 11.6 Å². The fraction of sp³-hybridized carbons (Fsp3) is 0.367. The highest BCUT2D eigenvalue weighted by Crippen LogP contribution is 2.29. The maximum absolute atomic E-state index is 13.6. The fourth-order valence-electron chi connectivity index (χ4n) is 4.63. The zero-order valence-corrected chi connectivity index (χ0v) is 24.0. The van der Waals surface area contributed by atoms with Crippen molar-refractivity contribution in [3.63, 3.8) is 0 Å². The number of anilines is 2. The Bertz CT molecular complexity index is 1370. The molecule has 1 N–H and O–H groups in total. The highest BCUT2D eigenvalue weighted by Gasteiger charge is 2.28. The van der Waals surface area contributed by atoms with E-state index in [4.69, 9.17) is 11.6 Å². The third-order valence-corrected chi connectivity index (χ3v) is 9.45. The van der Waals surface area contributed by atoms with Crippen LogP contribution in [0.15, 0.2) is 71.6 Å². The molecule has 1 unspecified atom stereocenters. The standard InChI is InChI=1S/C30H36ClN3O3S/c1-21-5-13-28(14-6-21)38(36,37)34(27-10-7-23(3)29(31)19-27)20-30(35)32-24(4)25-8-11-26(12-9-25)33-17-15-22(2)16-18-33/h5-14,19,22,24H,15-18,20H2,1-4H3,(H,32,35). The highest BCUT2D eigenvalue weighted by molar-refractivity contribution is 7.92. The SMILES string of the molecule is Cc1ccc(S(=O)(=O)N(CC(=O)NC(C)c2ccc(N3CCC(C)CC3)cc2)c2ccc(C)c(Cl)c2)cc1. The van der Waals surface area contributed by atoms with Crippen LogP contribution in [-0.2, 0) is 14.8 Å². The third kappa shape index (κ3) is 6.51. The number of piperidine rings is 1. The number of sulfonamides is 1. The Labute approximate surface area is 231 Å².